The largest absolute Gasteiger partial charge is 0.497 e. The van der Waals surface area contributed by atoms with E-state index in [4.69, 9.17) is 28.4 Å². The molecule has 0 aromatic heterocycles. The molecule has 1 aromatic carbocycles. The van der Waals surface area contributed by atoms with E-state index >= 15 is 0 Å². The van der Waals surface area contributed by atoms with Gasteiger partial charge in [-0.25, -0.2) is 9.59 Å². The molecule has 32 heavy (non-hydrogen) atoms. The molecule has 176 valence electrons. The molecule has 1 unspecified atom stereocenters. The van der Waals surface area contributed by atoms with Gasteiger partial charge in [-0.15, -0.1) is 0 Å². The lowest BCUT2D eigenvalue weighted by molar-refractivity contribution is -0.256. The monoisotopic (exact) mass is 451 g/mol. The Morgan fingerprint density at radius 3 is 2.16 bits per heavy atom. The fourth-order valence-electron chi connectivity index (χ4n) is 4.28. The van der Waals surface area contributed by atoms with Crippen LogP contribution in [0.4, 0.5) is 0 Å². The van der Waals surface area contributed by atoms with E-state index in [1.165, 1.54) is 14.2 Å². The summed E-state index contributed by atoms with van der Waals surface area (Å²) in [6.45, 7) is 5.17. The van der Waals surface area contributed by atoms with Crippen molar-refractivity contribution in [2.75, 3.05) is 40.6 Å². The molecule has 2 aliphatic heterocycles. The number of esters is 2. The first-order valence-electron chi connectivity index (χ1n) is 10.4. The third-order valence-corrected chi connectivity index (χ3v) is 5.74. The highest BCUT2D eigenvalue weighted by atomic mass is 16.7. The molecule has 0 spiro atoms. The Balaban J connectivity index is 2.10. The number of nitrogens with zero attached hydrogens (tertiary/aromatic N) is 1. The van der Waals surface area contributed by atoms with Crippen LogP contribution in [0.2, 0.25) is 0 Å². The number of amides is 1. The van der Waals surface area contributed by atoms with Gasteiger partial charge in [0.1, 0.15) is 17.4 Å². The van der Waals surface area contributed by atoms with E-state index < -0.39 is 35.1 Å². The fraction of sp³-hybridized carbons (Fsp3) is 0.591. The van der Waals surface area contributed by atoms with Crippen molar-refractivity contribution in [2.24, 2.45) is 5.92 Å². The van der Waals surface area contributed by atoms with Crippen molar-refractivity contribution >= 4 is 17.8 Å². The number of hydrogen-bond acceptors (Lipinski definition) is 9. The minimum absolute atomic E-state index is 0.0129. The number of methoxy groups -OCH3 is 2. The topological polar surface area (TPSA) is 110 Å². The lowest BCUT2D eigenvalue weighted by Crippen LogP contribution is -2.82. The summed E-state index contributed by atoms with van der Waals surface area (Å²) >= 11 is 0. The molecule has 1 aromatic rings. The highest BCUT2D eigenvalue weighted by Gasteiger charge is 2.77. The molecule has 10 nitrogen and oxygen atoms in total. The Bertz CT molecular complexity index is 860. The predicted molar refractivity (Wildman–Crippen MR) is 110 cm³/mol. The lowest BCUT2D eigenvalue weighted by atomic mass is 9.68. The van der Waals surface area contributed by atoms with E-state index in [1.54, 1.807) is 39.0 Å². The maximum atomic E-state index is 13.4. The number of carbonyl (C=O) groups is 3. The molecular formula is C22H29NO9. The second-order valence-corrected chi connectivity index (χ2v) is 7.46. The van der Waals surface area contributed by atoms with Gasteiger partial charge in [-0.1, -0.05) is 0 Å². The van der Waals surface area contributed by atoms with Crippen LogP contribution < -0.4 is 9.47 Å². The first kappa shape index (κ1) is 23.8. The van der Waals surface area contributed by atoms with E-state index in [0.717, 1.165) is 4.90 Å². The molecule has 2 heterocycles. The molecule has 0 radical (unpaired) electrons. The minimum Gasteiger partial charge on any atom is -0.497 e. The van der Waals surface area contributed by atoms with E-state index in [2.05, 4.69) is 0 Å². The van der Waals surface area contributed by atoms with E-state index in [-0.39, 0.29) is 33.0 Å². The van der Waals surface area contributed by atoms with Crippen LogP contribution in [-0.4, -0.2) is 74.7 Å². The number of likely N-dealkylation sites (tertiary alicyclic amines) is 1. The van der Waals surface area contributed by atoms with Gasteiger partial charge in [0, 0.05) is 11.6 Å². The lowest BCUT2D eigenvalue weighted by Gasteiger charge is -2.56. The standard InChI is InChI=1S/C22H29NO9/c1-6-29-19(25)22(20(26)30-7-2)17(21(3)31-10-11-32-21)18(24)23(22)13-14-8-9-15(27-4)12-16(14)28-5/h8-9,12,17H,6-7,10-11,13H2,1-5H3. The van der Waals surface area contributed by atoms with Crippen molar-refractivity contribution in [3.63, 3.8) is 0 Å². The SMILES string of the molecule is CCOC(=O)C1(C(=O)OCC)C(C2(C)OCCO2)C(=O)N1Cc1ccc(OC)cc1OC. The summed E-state index contributed by atoms with van der Waals surface area (Å²) in [5.41, 5.74) is -1.50. The third-order valence-electron chi connectivity index (χ3n) is 5.74. The maximum absolute atomic E-state index is 13.4. The number of β-lactam (4-membered cyclic amide) rings is 1. The van der Waals surface area contributed by atoms with Crippen molar-refractivity contribution in [2.45, 2.75) is 38.6 Å². The normalized spacial score (nSPS) is 21.0. The summed E-state index contributed by atoms with van der Waals surface area (Å²) in [6, 6.07) is 5.04. The molecule has 3 rings (SSSR count). The molecule has 0 aliphatic carbocycles. The molecule has 10 heteroatoms. The fourth-order valence-corrected chi connectivity index (χ4v) is 4.28. The zero-order chi connectivity index (χ0) is 23.5. The summed E-state index contributed by atoms with van der Waals surface area (Å²) < 4.78 is 32.5. The average molecular weight is 451 g/mol. The number of carbonyl (C=O) groups excluding carboxylic acids is 3. The number of ether oxygens (including phenoxy) is 6. The van der Waals surface area contributed by atoms with Gasteiger partial charge in [0.15, 0.2) is 5.79 Å². The van der Waals surface area contributed by atoms with Crippen molar-refractivity contribution in [3.8, 4) is 11.5 Å². The first-order chi connectivity index (χ1) is 15.3. The Morgan fingerprint density at radius 1 is 1.06 bits per heavy atom. The smallest absolute Gasteiger partial charge is 0.345 e. The molecule has 2 fully saturated rings. The first-order valence-corrected chi connectivity index (χ1v) is 10.4. The average Bonchev–Trinajstić information content (AvgIpc) is 3.21. The molecular weight excluding hydrogens is 422 g/mol. The Labute approximate surface area is 186 Å². The van der Waals surface area contributed by atoms with Crippen LogP contribution in [0.1, 0.15) is 26.3 Å². The Morgan fingerprint density at radius 2 is 1.66 bits per heavy atom. The van der Waals surface area contributed by atoms with Gasteiger partial charge in [-0.2, -0.15) is 0 Å². The summed E-state index contributed by atoms with van der Waals surface area (Å²) in [5.74, 6) is -4.03. The van der Waals surface area contributed by atoms with Crippen LogP contribution >= 0.6 is 0 Å². The summed E-state index contributed by atoms with van der Waals surface area (Å²) in [4.78, 5) is 41.1. The van der Waals surface area contributed by atoms with Gasteiger partial charge in [-0.3, -0.25) is 4.79 Å². The van der Waals surface area contributed by atoms with Gasteiger partial charge in [-0.05, 0) is 32.9 Å². The van der Waals surface area contributed by atoms with Gasteiger partial charge >= 0.3 is 11.9 Å². The van der Waals surface area contributed by atoms with Crippen molar-refractivity contribution in [3.05, 3.63) is 23.8 Å². The molecule has 2 saturated heterocycles. The van der Waals surface area contributed by atoms with Crippen LogP contribution in [-0.2, 0) is 39.9 Å². The van der Waals surface area contributed by atoms with Gasteiger partial charge in [0.05, 0.1) is 47.2 Å². The zero-order valence-electron chi connectivity index (χ0n) is 19.0. The van der Waals surface area contributed by atoms with Gasteiger partial charge in [0.2, 0.25) is 5.91 Å². The van der Waals surface area contributed by atoms with Gasteiger partial charge < -0.3 is 33.3 Å². The van der Waals surface area contributed by atoms with E-state index in [9.17, 15) is 14.4 Å². The minimum atomic E-state index is -2.06. The van der Waals surface area contributed by atoms with E-state index in [0.29, 0.717) is 17.1 Å². The van der Waals surface area contributed by atoms with Gasteiger partial charge in [0.25, 0.3) is 5.54 Å². The van der Waals surface area contributed by atoms with Crippen LogP contribution in [0.25, 0.3) is 0 Å². The highest BCUT2D eigenvalue weighted by molar-refractivity contribution is 6.17. The molecule has 1 atom stereocenters. The zero-order valence-corrected chi connectivity index (χ0v) is 19.0. The highest BCUT2D eigenvalue weighted by Crippen LogP contribution is 2.50. The molecule has 0 bridgehead atoms. The predicted octanol–water partition coefficient (Wildman–Crippen LogP) is 1.29. The quantitative estimate of drug-likeness (QED) is 0.312. The van der Waals surface area contributed by atoms with Crippen LogP contribution in [0.3, 0.4) is 0 Å². The Kier molecular flexibility index (Phi) is 6.94. The molecule has 2 aliphatic rings. The molecule has 1 amide bonds. The maximum Gasteiger partial charge on any atom is 0.345 e. The number of hydrogen-bond donors (Lipinski definition) is 0. The summed E-state index contributed by atoms with van der Waals surface area (Å²) in [6.07, 6.45) is 0. The summed E-state index contributed by atoms with van der Waals surface area (Å²) in [7, 11) is 3.00. The third kappa shape index (κ3) is 3.67. The van der Waals surface area contributed by atoms with Crippen LogP contribution in [0.15, 0.2) is 18.2 Å². The second-order valence-electron chi connectivity index (χ2n) is 7.46. The van der Waals surface area contributed by atoms with Crippen LogP contribution in [0.5, 0.6) is 11.5 Å². The number of benzene rings is 1. The van der Waals surface area contributed by atoms with E-state index in [1.807, 2.05) is 0 Å². The number of rotatable bonds is 9. The van der Waals surface area contributed by atoms with Crippen LogP contribution in [0, 0.1) is 5.92 Å². The van der Waals surface area contributed by atoms with Crippen molar-refractivity contribution < 1.29 is 42.8 Å². The summed E-state index contributed by atoms with van der Waals surface area (Å²) in [5, 5.41) is 0. The second kappa shape index (κ2) is 9.33. The Hall–Kier alpha value is -2.85. The van der Waals surface area contributed by atoms with Crippen molar-refractivity contribution in [1.82, 2.24) is 4.90 Å². The molecule has 0 saturated carbocycles. The molecule has 0 N–H and O–H groups in total. The van der Waals surface area contributed by atoms with Crippen molar-refractivity contribution in [1.29, 1.82) is 0 Å².